The van der Waals surface area contributed by atoms with Crippen molar-refractivity contribution in [2.24, 2.45) is 5.92 Å². The van der Waals surface area contributed by atoms with Gasteiger partial charge >= 0.3 is 5.97 Å². The van der Waals surface area contributed by atoms with Crippen LogP contribution >= 0.6 is 0 Å². The van der Waals surface area contributed by atoms with Crippen molar-refractivity contribution in [1.29, 1.82) is 5.26 Å². The Bertz CT molecular complexity index is 235. The number of carbonyl (C=O) groups is 1. The fourth-order valence-electron chi connectivity index (χ4n) is 1.78. The van der Waals surface area contributed by atoms with Gasteiger partial charge in [0, 0.05) is 13.0 Å². The van der Waals surface area contributed by atoms with Crippen molar-refractivity contribution in [3.63, 3.8) is 0 Å². The van der Waals surface area contributed by atoms with Crippen LogP contribution in [0, 0.1) is 17.2 Å². The largest absolute Gasteiger partial charge is 0.469 e. The normalized spacial score (nSPS) is 21.9. The van der Waals surface area contributed by atoms with Gasteiger partial charge in [-0.25, -0.2) is 0 Å². The van der Waals surface area contributed by atoms with E-state index in [1.807, 2.05) is 0 Å². The van der Waals surface area contributed by atoms with Gasteiger partial charge in [0.2, 0.25) is 0 Å². The van der Waals surface area contributed by atoms with Crippen LogP contribution in [0.15, 0.2) is 0 Å². The zero-order chi connectivity index (χ0) is 10.4. The smallest absolute Gasteiger partial charge is 0.310 e. The number of unbranched alkanes of at least 4 members (excludes halogenated alkanes) is 1. The van der Waals surface area contributed by atoms with Crippen molar-refractivity contribution in [2.45, 2.75) is 19.3 Å². The monoisotopic (exact) mass is 196 g/mol. The number of esters is 1. The molecule has 4 heteroatoms. The highest BCUT2D eigenvalue weighted by atomic mass is 16.5. The predicted octanol–water partition coefficient (Wildman–Crippen LogP) is 0.785. The molecule has 1 aliphatic rings. The molecule has 1 rings (SSSR count). The summed E-state index contributed by atoms with van der Waals surface area (Å²) in [6, 6.07) is 2.12. The van der Waals surface area contributed by atoms with Crippen LogP contribution in [-0.2, 0) is 9.53 Å². The quantitative estimate of drug-likeness (QED) is 0.492. The Morgan fingerprint density at radius 2 is 2.50 bits per heavy atom. The first kappa shape index (κ1) is 11.0. The van der Waals surface area contributed by atoms with Crippen LogP contribution in [0.5, 0.6) is 0 Å². The fraction of sp³-hybridized carbons (Fsp3) is 0.800. The molecule has 0 aromatic rings. The highest BCUT2D eigenvalue weighted by molar-refractivity contribution is 5.72. The first-order valence-electron chi connectivity index (χ1n) is 4.95. The van der Waals surface area contributed by atoms with Crippen LogP contribution in [0.25, 0.3) is 0 Å². The molecular weight excluding hydrogens is 180 g/mol. The summed E-state index contributed by atoms with van der Waals surface area (Å²) in [6.07, 6.45) is 2.38. The summed E-state index contributed by atoms with van der Waals surface area (Å²) in [5, 5.41) is 8.38. The third-order valence-electron chi connectivity index (χ3n) is 2.57. The molecule has 1 unspecified atom stereocenters. The lowest BCUT2D eigenvalue weighted by Gasteiger charge is -2.13. The third-order valence-corrected chi connectivity index (χ3v) is 2.57. The number of likely N-dealkylation sites (tertiary alicyclic amines) is 1. The van der Waals surface area contributed by atoms with Crippen molar-refractivity contribution < 1.29 is 9.53 Å². The summed E-state index contributed by atoms with van der Waals surface area (Å²) < 4.78 is 4.69. The van der Waals surface area contributed by atoms with E-state index in [1.54, 1.807) is 0 Å². The Morgan fingerprint density at radius 1 is 1.71 bits per heavy atom. The summed E-state index contributed by atoms with van der Waals surface area (Å²) in [5.41, 5.74) is 0. The number of carbonyl (C=O) groups excluding carboxylic acids is 1. The van der Waals surface area contributed by atoms with Gasteiger partial charge < -0.3 is 9.64 Å². The molecule has 0 N–H and O–H groups in total. The molecule has 1 saturated heterocycles. The number of nitriles is 1. The van der Waals surface area contributed by atoms with Crippen molar-refractivity contribution in [2.75, 3.05) is 26.7 Å². The summed E-state index contributed by atoms with van der Waals surface area (Å²) in [6.45, 7) is 2.66. The van der Waals surface area contributed by atoms with E-state index in [2.05, 4.69) is 11.0 Å². The first-order valence-corrected chi connectivity index (χ1v) is 4.95. The number of hydrogen-bond donors (Lipinski definition) is 0. The molecule has 1 aliphatic heterocycles. The Balaban J connectivity index is 2.21. The number of nitrogens with zero attached hydrogens (tertiary/aromatic N) is 2. The second-order valence-corrected chi connectivity index (χ2v) is 3.57. The van der Waals surface area contributed by atoms with Gasteiger partial charge in [0.05, 0.1) is 19.1 Å². The third kappa shape index (κ3) is 3.00. The van der Waals surface area contributed by atoms with Gasteiger partial charge in [0.15, 0.2) is 0 Å². The average Bonchev–Trinajstić information content (AvgIpc) is 2.66. The van der Waals surface area contributed by atoms with E-state index in [0.717, 1.165) is 32.5 Å². The van der Waals surface area contributed by atoms with Gasteiger partial charge in [-0.15, -0.1) is 0 Å². The topological polar surface area (TPSA) is 53.3 Å². The maximum Gasteiger partial charge on any atom is 0.310 e. The molecular formula is C10H16N2O2. The van der Waals surface area contributed by atoms with Crippen molar-refractivity contribution in [3.8, 4) is 6.07 Å². The summed E-state index contributed by atoms with van der Waals surface area (Å²) in [7, 11) is 1.43. The highest BCUT2D eigenvalue weighted by Crippen LogP contribution is 2.17. The zero-order valence-corrected chi connectivity index (χ0v) is 8.53. The minimum atomic E-state index is -0.104. The Morgan fingerprint density at radius 3 is 3.14 bits per heavy atom. The number of methoxy groups -OCH3 is 1. The molecule has 1 atom stereocenters. The van der Waals surface area contributed by atoms with E-state index < -0.39 is 0 Å². The SMILES string of the molecule is COC(=O)C1CCN(CCCC#N)C1. The number of rotatable bonds is 4. The van der Waals surface area contributed by atoms with Crippen LogP contribution in [0.4, 0.5) is 0 Å². The molecule has 0 saturated carbocycles. The minimum Gasteiger partial charge on any atom is -0.469 e. The molecule has 0 radical (unpaired) electrons. The lowest BCUT2D eigenvalue weighted by Crippen LogP contribution is -2.24. The van der Waals surface area contributed by atoms with E-state index in [1.165, 1.54) is 7.11 Å². The van der Waals surface area contributed by atoms with Gasteiger partial charge in [-0.05, 0) is 25.9 Å². The lowest BCUT2D eigenvalue weighted by atomic mass is 10.1. The second kappa shape index (κ2) is 5.61. The Kier molecular flexibility index (Phi) is 4.41. The van der Waals surface area contributed by atoms with Gasteiger partial charge in [-0.3, -0.25) is 4.79 Å². The molecule has 78 valence electrons. The van der Waals surface area contributed by atoms with Gasteiger partial charge in [0.25, 0.3) is 0 Å². The van der Waals surface area contributed by atoms with E-state index >= 15 is 0 Å². The number of ether oxygens (including phenoxy) is 1. The van der Waals surface area contributed by atoms with Gasteiger partial charge in [-0.2, -0.15) is 5.26 Å². The maximum absolute atomic E-state index is 11.2. The molecule has 1 fully saturated rings. The molecule has 1 heterocycles. The molecule has 4 nitrogen and oxygen atoms in total. The van der Waals surface area contributed by atoms with E-state index in [4.69, 9.17) is 10.00 Å². The van der Waals surface area contributed by atoms with Crippen LogP contribution < -0.4 is 0 Å². The van der Waals surface area contributed by atoms with E-state index in [-0.39, 0.29) is 11.9 Å². The molecule has 14 heavy (non-hydrogen) atoms. The average molecular weight is 196 g/mol. The Labute approximate surface area is 84.4 Å². The molecule has 0 aliphatic carbocycles. The summed E-state index contributed by atoms with van der Waals surface area (Å²) in [5.74, 6) is -0.0603. The molecule has 0 aromatic heterocycles. The summed E-state index contributed by atoms with van der Waals surface area (Å²) in [4.78, 5) is 13.4. The van der Waals surface area contributed by atoms with Crippen molar-refractivity contribution in [3.05, 3.63) is 0 Å². The molecule has 0 bridgehead atoms. The van der Waals surface area contributed by atoms with Gasteiger partial charge in [-0.1, -0.05) is 0 Å². The van der Waals surface area contributed by atoms with Crippen molar-refractivity contribution in [1.82, 2.24) is 4.90 Å². The highest BCUT2D eigenvalue weighted by Gasteiger charge is 2.28. The van der Waals surface area contributed by atoms with E-state index in [9.17, 15) is 4.79 Å². The predicted molar refractivity (Wildman–Crippen MR) is 51.4 cm³/mol. The zero-order valence-electron chi connectivity index (χ0n) is 8.53. The maximum atomic E-state index is 11.2. The standard InChI is InChI=1S/C10H16N2O2/c1-14-10(13)9-4-7-12(8-9)6-3-2-5-11/h9H,2-4,6-8H2,1H3. The molecule has 0 aromatic carbocycles. The van der Waals surface area contributed by atoms with E-state index in [0.29, 0.717) is 6.42 Å². The van der Waals surface area contributed by atoms with Crippen LogP contribution in [-0.4, -0.2) is 37.6 Å². The minimum absolute atomic E-state index is 0.0436. The number of hydrogen-bond acceptors (Lipinski definition) is 4. The van der Waals surface area contributed by atoms with Crippen LogP contribution in [0.3, 0.4) is 0 Å². The van der Waals surface area contributed by atoms with Crippen molar-refractivity contribution >= 4 is 5.97 Å². The first-order chi connectivity index (χ1) is 6.77. The summed E-state index contributed by atoms with van der Waals surface area (Å²) >= 11 is 0. The lowest BCUT2D eigenvalue weighted by molar-refractivity contribution is -0.144. The Hall–Kier alpha value is -1.08. The molecule has 0 amide bonds. The fourth-order valence-corrected chi connectivity index (χ4v) is 1.78. The van der Waals surface area contributed by atoms with Crippen LogP contribution in [0.1, 0.15) is 19.3 Å². The second-order valence-electron chi connectivity index (χ2n) is 3.57. The van der Waals surface area contributed by atoms with Gasteiger partial charge in [0.1, 0.15) is 0 Å². The van der Waals surface area contributed by atoms with Crippen LogP contribution in [0.2, 0.25) is 0 Å². The molecule has 0 spiro atoms.